The average molecular weight is 1070 g/mol. The summed E-state index contributed by atoms with van der Waals surface area (Å²) in [4.78, 5) is 45.6. The first-order valence-electron chi connectivity index (χ1n) is 24.5. The van der Waals surface area contributed by atoms with E-state index in [4.69, 9.17) is 38.4 Å². The Morgan fingerprint density at radius 1 is 0.853 bits per heavy atom. The molecule has 0 saturated carbocycles. The van der Waals surface area contributed by atoms with Crippen molar-refractivity contribution in [3.63, 3.8) is 0 Å². The highest BCUT2D eigenvalue weighted by Gasteiger charge is 2.77. The Kier molecular flexibility index (Phi) is 16.6. The maximum absolute atomic E-state index is 14.7. The van der Waals surface area contributed by atoms with Crippen molar-refractivity contribution in [2.75, 3.05) is 39.3 Å². The number of amides is 1. The third-order valence-corrected chi connectivity index (χ3v) is 16.7. The Balaban J connectivity index is 1.40. The summed E-state index contributed by atoms with van der Waals surface area (Å²) in [5, 5.41) is 29.0. The van der Waals surface area contributed by atoms with Gasteiger partial charge in [0.05, 0.1) is 23.0 Å². The topological polar surface area (TPSA) is 190 Å². The number of hydrogen-bond acceptors (Lipinski definition) is 16. The predicted octanol–water partition coefficient (Wildman–Crippen LogP) is 10.2. The number of fused-ring (bicyclic) bond motifs is 1. The highest BCUT2D eigenvalue weighted by molar-refractivity contribution is 7.43. The Bertz CT molecular complexity index is 3080. The van der Waals surface area contributed by atoms with Crippen LogP contribution in [-0.4, -0.2) is 109 Å². The van der Waals surface area contributed by atoms with Crippen LogP contribution in [0.25, 0.3) is 31.5 Å². The van der Waals surface area contributed by atoms with Crippen molar-refractivity contribution in [1.82, 2.24) is 29.3 Å². The molecule has 16 nitrogen and oxygen atoms in total. The van der Waals surface area contributed by atoms with E-state index >= 15 is 0 Å². The van der Waals surface area contributed by atoms with Gasteiger partial charge in [0.25, 0.3) is 14.4 Å². The lowest BCUT2D eigenvalue weighted by atomic mass is 9.60. The summed E-state index contributed by atoms with van der Waals surface area (Å²) in [6.07, 6.45) is -1.51. The number of aromatic nitrogens is 4. The second kappa shape index (κ2) is 23.3. The molecule has 4 aromatic heterocycles. The third kappa shape index (κ3) is 9.80. The molecule has 5 heterocycles. The predicted molar refractivity (Wildman–Crippen MR) is 291 cm³/mol. The van der Waals surface area contributed by atoms with Gasteiger partial charge in [-0.25, -0.2) is 20.0 Å². The summed E-state index contributed by atoms with van der Waals surface area (Å²) in [5.41, 5.74) is -0.748. The van der Waals surface area contributed by atoms with Crippen LogP contribution in [0.1, 0.15) is 50.8 Å². The minimum atomic E-state index is -2.74. The van der Waals surface area contributed by atoms with Crippen LogP contribution in [0.5, 0.6) is 5.75 Å². The van der Waals surface area contributed by atoms with Gasteiger partial charge < -0.3 is 28.9 Å². The van der Waals surface area contributed by atoms with Crippen LogP contribution in [0.3, 0.4) is 0 Å². The van der Waals surface area contributed by atoms with Crippen LogP contribution in [0.2, 0.25) is 0 Å². The van der Waals surface area contributed by atoms with Crippen molar-refractivity contribution >= 4 is 54.2 Å². The highest BCUT2D eigenvalue weighted by atomic mass is 32.1. The van der Waals surface area contributed by atoms with Crippen molar-refractivity contribution < 1.29 is 38.3 Å². The van der Waals surface area contributed by atoms with Gasteiger partial charge >= 0.3 is 0 Å². The molecule has 1 unspecified atom stereocenters. The van der Waals surface area contributed by atoms with Gasteiger partial charge in [-0.3, -0.25) is 19.2 Å². The molecule has 1 fully saturated rings. The smallest absolute Gasteiger partial charge is 0.273 e. The summed E-state index contributed by atoms with van der Waals surface area (Å²) >= 11 is 3.16. The fourth-order valence-electron chi connectivity index (χ4n) is 10.5. The molecule has 0 spiro atoms. The number of thiophene rings is 2. The molecule has 8 aromatic rings. The van der Waals surface area contributed by atoms with Gasteiger partial charge in [-0.15, -0.1) is 22.7 Å². The molecule has 3 N–H and O–H groups in total. The first-order valence-corrected chi connectivity index (χ1v) is 27.3. The Labute approximate surface area is 445 Å². The Morgan fingerprint density at radius 2 is 1.45 bits per heavy atom. The van der Waals surface area contributed by atoms with Gasteiger partial charge in [0.1, 0.15) is 29.4 Å². The quantitative estimate of drug-likeness (QED) is 0.0252. The van der Waals surface area contributed by atoms with Crippen molar-refractivity contribution in [3.8, 4) is 32.1 Å². The first-order chi connectivity index (χ1) is 36.5. The molecular formula is C56H59N8O8PS2. The number of para-hydroxylation sites is 1. The number of aliphatic hydroxyl groups excluding tert-OH is 1. The fraction of sp³-hybridized carbons (Fsp3) is 0.304. The fourth-order valence-corrected chi connectivity index (χ4v) is 13.9. The number of ether oxygens (including phenoxy) is 4. The molecule has 9 rings (SSSR count). The number of nitrogens with zero attached hydrogens (tertiary/aromatic N) is 7. The summed E-state index contributed by atoms with van der Waals surface area (Å²) < 4.78 is 37.9. The molecule has 388 valence electrons. The number of aliphatic hydroxyl groups is 1. The second-order valence-electron chi connectivity index (χ2n) is 18.2. The van der Waals surface area contributed by atoms with Gasteiger partial charge in [0.2, 0.25) is 11.7 Å². The van der Waals surface area contributed by atoms with Crippen LogP contribution < -0.4 is 10.1 Å². The number of hydrogen-bond donors (Lipinski definition) is 3. The molecule has 0 radical (unpaired) electrons. The van der Waals surface area contributed by atoms with Gasteiger partial charge in [0, 0.05) is 49.0 Å². The molecule has 1 amide bonds. The van der Waals surface area contributed by atoms with Crippen LogP contribution >= 0.6 is 31.2 Å². The number of rotatable bonds is 22. The molecule has 0 bridgehead atoms. The van der Waals surface area contributed by atoms with E-state index in [0.29, 0.717) is 33.7 Å². The summed E-state index contributed by atoms with van der Waals surface area (Å²) in [6, 6.07) is 48.2. The maximum Gasteiger partial charge on any atom is 0.273 e. The van der Waals surface area contributed by atoms with Crippen molar-refractivity contribution in [2.24, 2.45) is 0 Å². The van der Waals surface area contributed by atoms with Crippen molar-refractivity contribution in [1.29, 1.82) is 5.26 Å². The van der Waals surface area contributed by atoms with Crippen molar-refractivity contribution in [2.45, 2.75) is 75.3 Å². The third-order valence-electron chi connectivity index (χ3n) is 13.3. The van der Waals surface area contributed by atoms with E-state index in [1.165, 1.54) is 31.9 Å². The molecule has 0 aliphatic carbocycles. The number of hydrazine groups is 1. The minimum absolute atomic E-state index is 0.0473. The monoisotopic (exact) mass is 1070 g/mol. The standard InChI is InChI=1S/C56H59N8O8PS2/c1-38(2)64(39(3)4)62(33-20-32-57)73(67)72-55(69-6)47(35-65)71-56(52(55)68-5,54(40-21-11-7-12-22-40,41-23-13-8-14-24-41)42-25-15-9-16-26-42)63-51-50(61-53(63)60-48(66)36-70-43-27-17-10-18-28-43)49(58-37-59-51)46-31-30-45(75-46)44-29-19-34-74-44/h7-19,21-31,34,37-39,47,52,65,67H,20,33,35-36H2,1-6H3,(H,60,61,66)/t47-,52-,55-,56+,73?/m1/s1. The van der Waals surface area contributed by atoms with Gasteiger partial charge in [-0.2, -0.15) is 10.0 Å². The van der Waals surface area contributed by atoms with Crippen molar-refractivity contribution in [3.05, 3.63) is 174 Å². The van der Waals surface area contributed by atoms with Gasteiger partial charge in [0.15, 0.2) is 24.1 Å². The molecule has 5 atom stereocenters. The number of carbonyl (C=O) groups is 1. The highest BCUT2D eigenvalue weighted by Crippen LogP contribution is 2.64. The van der Waals surface area contributed by atoms with E-state index in [-0.39, 0.29) is 36.6 Å². The number of nitrogens with one attached hydrogen (secondary N) is 1. The van der Waals surface area contributed by atoms with Gasteiger partial charge in [-0.1, -0.05) is 115 Å². The molecular weight excluding hydrogens is 1010 g/mol. The van der Waals surface area contributed by atoms with E-state index in [9.17, 15) is 20.1 Å². The van der Waals surface area contributed by atoms with Crippen LogP contribution in [-0.2, 0) is 34.7 Å². The zero-order valence-corrected chi connectivity index (χ0v) is 44.9. The average Bonchev–Trinajstić information content (AvgIpc) is 4.26. The molecule has 1 aliphatic rings. The van der Waals surface area contributed by atoms with E-state index in [2.05, 4.69) is 17.5 Å². The normalized spacial score (nSPS) is 19.3. The lowest BCUT2D eigenvalue weighted by Gasteiger charge is -2.53. The van der Waals surface area contributed by atoms with E-state index in [1.54, 1.807) is 32.8 Å². The summed E-state index contributed by atoms with van der Waals surface area (Å²) in [7, 11) is 0.150. The lowest BCUT2D eigenvalue weighted by molar-refractivity contribution is -0.247. The van der Waals surface area contributed by atoms with Crippen LogP contribution in [0.4, 0.5) is 5.95 Å². The number of benzene rings is 4. The number of methoxy groups -OCH3 is 2. The Morgan fingerprint density at radius 3 is 1.99 bits per heavy atom. The summed E-state index contributed by atoms with van der Waals surface area (Å²) in [5.74, 6) is -2.35. The maximum atomic E-state index is 14.7. The number of imidazole rings is 1. The SMILES string of the molecule is CO[C@@H]1[C@](OC)(OP(O)N(CCC#N)N(C(C)C)C(C)C)[C@@H](CO)O[C@]1(n1c(NC(=O)COc2ccccc2)nc2c(-c3ccc(-c4cccs4)s3)ncnc21)C(c1ccccc1)(c1ccccc1)c1ccccc1. The largest absolute Gasteiger partial charge is 0.484 e. The zero-order valence-electron chi connectivity index (χ0n) is 42.4. The number of anilines is 1. The van der Waals surface area contributed by atoms with E-state index < -0.39 is 56.8 Å². The Hall–Kier alpha value is -6.30. The lowest BCUT2D eigenvalue weighted by Crippen LogP contribution is -2.65. The van der Waals surface area contributed by atoms with Gasteiger partial charge in [-0.05, 0) is 80.1 Å². The molecule has 75 heavy (non-hydrogen) atoms. The molecule has 4 aromatic carbocycles. The van der Waals surface area contributed by atoms with E-state index in [1.807, 2.05) is 165 Å². The zero-order chi connectivity index (χ0) is 52.7. The molecule has 1 saturated heterocycles. The second-order valence-corrected chi connectivity index (χ2v) is 21.4. The van der Waals surface area contributed by atoms with E-state index in [0.717, 1.165) is 14.6 Å². The minimum Gasteiger partial charge on any atom is -0.484 e. The first kappa shape index (κ1) is 53.5. The van der Waals surface area contributed by atoms with Crippen LogP contribution in [0, 0.1) is 11.3 Å². The molecule has 19 heteroatoms. The molecule has 1 aliphatic heterocycles. The number of carbonyl (C=O) groups excluding carboxylic acids is 1. The van der Waals surface area contributed by atoms with Crippen LogP contribution in [0.15, 0.2) is 157 Å². The summed E-state index contributed by atoms with van der Waals surface area (Å²) in [6.45, 7) is 6.89. The number of nitriles is 1.